The molecule has 158 valence electrons. The minimum absolute atomic E-state index is 0.455. The van der Waals surface area contributed by atoms with Crippen LogP contribution in [0.25, 0.3) is 5.82 Å². The van der Waals surface area contributed by atoms with Crippen molar-refractivity contribution in [1.82, 2.24) is 30.1 Å². The van der Waals surface area contributed by atoms with Crippen LogP contribution in [-0.4, -0.2) is 71.3 Å². The summed E-state index contributed by atoms with van der Waals surface area (Å²) in [7, 11) is 1.80. The number of ether oxygens (including phenoxy) is 1. The van der Waals surface area contributed by atoms with Gasteiger partial charge in [-0.25, -0.2) is 9.97 Å². The number of nitrogens with zero attached hydrogens (tertiary/aromatic N) is 5. The van der Waals surface area contributed by atoms with Gasteiger partial charge in [-0.3, -0.25) is 14.5 Å². The summed E-state index contributed by atoms with van der Waals surface area (Å²) in [6.07, 6.45) is 5.59. The van der Waals surface area contributed by atoms with Crippen molar-refractivity contribution in [3.05, 3.63) is 42.1 Å². The van der Waals surface area contributed by atoms with Gasteiger partial charge in [-0.2, -0.15) is 0 Å². The van der Waals surface area contributed by atoms with Crippen LogP contribution in [0.3, 0.4) is 0 Å². The van der Waals surface area contributed by atoms with Gasteiger partial charge in [-0.1, -0.05) is 19.9 Å². The number of aryl methyl sites for hydroxylation is 1. The van der Waals surface area contributed by atoms with Crippen LogP contribution in [-0.2, 0) is 11.3 Å². The number of aromatic nitrogens is 3. The van der Waals surface area contributed by atoms with E-state index in [4.69, 9.17) is 4.74 Å². The van der Waals surface area contributed by atoms with Gasteiger partial charge >= 0.3 is 0 Å². The number of hydrogen-bond donors (Lipinski definition) is 2. The molecule has 0 radical (unpaired) electrons. The Balaban J connectivity index is 1.51. The average Bonchev–Trinajstić information content (AvgIpc) is 3.17. The number of imidazole rings is 1. The van der Waals surface area contributed by atoms with Crippen molar-refractivity contribution < 1.29 is 4.74 Å². The van der Waals surface area contributed by atoms with Gasteiger partial charge in [0.2, 0.25) is 0 Å². The molecule has 1 fully saturated rings. The summed E-state index contributed by atoms with van der Waals surface area (Å²) in [4.78, 5) is 15.7. The van der Waals surface area contributed by atoms with Gasteiger partial charge in [-0.15, -0.1) is 0 Å². The Kier molecular flexibility index (Phi) is 7.60. The lowest BCUT2D eigenvalue weighted by Crippen LogP contribution is -2.52. The first-order chi connectivity index (χ1) is 14.1. The minimum atomic E-state index is 0.455. The van der Waals surface area contributed by atoms with Crippen molar-refractivity contribution in [3.63, 3.8) is 0 Å². The van der Waals surface area contributed by atoms with Crippen LogP contribution >= 0.6 is 0 Å². The molecule has 0 aliphatic carbocycles. The van der Waals surface area contributed by atoms with Crippen LogP contribution in [0.2, 0.25) is 0 Å². The van der Waals surface area contributed by atoms with Gasteiger partial charge in [0.25, 0.3) is 0 Å². The van der Waals surface area contributed by atoms with Crippen molar-refractivity contribution in [2.24, 2.45) is 10.9 Å². The molecule has 1 atom stereocenters. The van der Waals surface area contributed by atoms with E-state index in [1.807, 2.05) is 30.0 Å². The number of rotatable bonds is 7. The summed E-state index contributed by atoms with van der Waals surface area (Å²) < 4.78 is 7.46. The lowest BCUT2D eigenvalue weighted by Gasteiger charge is -2.37. The number of nitrogens with one attached hydrogen (secondary N) is 2. The Bertz CT molecular complexity index is 779. The first-order valence-electron chi connectivity index (χ1n) is 10.3. The highest BCUT2D eigenvalue weighted by Crippen LogP contribution is 2.12. The van der Waals surface area contributed by atoms with Crippen LogP contribution in [0.1, 0.15) is 25.2 Å². The average molecular weight is 400 g/mol. The summed E-state index contributed by atoms with van der Waals surface area (Å²) >= 11 is 0. The molecule has 3 heterocycles. The van der Waals surface area contributed by atoms with E-state index in [1.165, 1.54) is 0 Å². The molecular weight excluding hydrogens is 366 g/mol. The fourth-order valence-corrected chi connectivity index (χ4v) is 3.59. The second kappa shape index (κ2) is 10.4. The fourth-order valence-electron chi connectivity index (χ4n) is 3.59. The lowest BCUT2D eigenvalue weighted by molar-refractivity contribution is 0.00752. The van der Waals surface area contributed by atoms with E-state index < -0.39 is 0 Å². The topological polar surface area (TPSA) is 79.6 Å². The fraction of sp³-hybridized carbons (Fsp3) is 0.571. The van der Waals surface area contributed by atoms with Crippen molar-refractivity contribution in [1.29, 1.82) is 0 Å². The number of morpholine rings is 1. The molecule has 1 saturated heterocycles. The van der Waals surface area contributed by atoms with Gasteiger partial charge in [0.05, 0.1) is 13.2 Å². The molecule has 2 aromatic heterocycles. The maximum atomic E-state index is 5.49. The summed E-state index contributed by atoms with van der Waals surface area (Å²) in [5, 5.41) is 6.87. The molecule has 1 aliphatic heterocycles. The highest BCUT2D eigenvalue weighted by molar-refractivity contribution is 5.79. The van der Waals surface area contributed by atoms with Crippen molar-refractivity contribution >= 4 is 5.96 Å². The monoisotopic (exact) mass is 399 g/mol. The van der Waals surface area contributed by atoms with E-state index >= 15 is 0 Å². The third-order valence-corrected chi connectivity index (χ3v) is 5.33. The molecule has 1 aliphatic rings. The molecule has 29 heavy (non-hydrogen) atoms. The van der Waals surface area contributed by atoms with E-state index in [-0.39, 0.29) is 0 Å². The molecule has 0 saturated carbocycles. The summed E-state index contributed by atoms with van der Waals surface area (Å²) in [5.41, 5.74) is 1.10. The second-order valence-electron chi connectivity index (χ2n) is 7.64. The summed E-state index contributed by atoms with van der Waals surface area (Å²) in [6, 6.07) is 4.54. The Morgan fingerprint density at radius 3 is 2.59 bits per heavy atom. The predicted molar refractivity (Wildman–Crippen MR) is 115 cm³/mol. The highest BCUT2D eigenvalue weighted by Gasteiger charge is 2.23. The Hall–Kier alpha value is -2.45. The normalized spacial score (nSPS) is 16.8. The van der Waals surface area contributed by atoms with Gasteiger partial charge < -0.3 is 15.4 Å². The number of aliphatic imine (C=N–C) groups is 1. The zero-order valence-corrected chi connectivity index (χ0v) is 17.9. The summed E-state index contributed by atoms with van der Waals surface area (Å²) in [6.45, 7) is 11.6. The van der Waals surface area contributed by atoms with Gasteiger partial charge in [0.1, 0.15) is 11.6 Å². The maximum absolute atomic E-state index is 5.49. The number of pyridine rings is 1. The molecule has 3 rings (SSSR count). The Morgan fingerprint density at radius 1 is 1.21 bits per heavy atom. The van der Waals surface area contributed by atoms with E-state index in [0.717, 1.165) is 56.0 Å². The van der Waals surface area contributed by atoms with Crippen LogP contribution < -0.4 is 10.6 Å². The molecule has 8 nitrogen and oxygen atoms in total. The van der Waals surface area contributed by atoms with Crippen LogP contribution in [0.4, 0.5) is 0 Å². The van der Waals surface area contributed by atoms with Crippen LogP contribution in [0.15, 0.2) is 35.7 Å². The van der Waals surface area contributed by atoms with E-state index in [1.54, 1.807) is 13.2 Å². The molecule has 8 heteroatoms. The third kappa shape index (κ3) is 5.77. The van der Waals surface area contributed by atoms with E-state index in [9.17, 15) is 0 Å². The maximum Gasteiger partial charge on any atom is 0.191 e. The standard InChI is InChI=1S/C21H33N7O/c1-16(2)19(27-9-11-29-12-10-27)15-26-21(22-4)25-14-18-5-6-20(24-13-18)28-8-7-23-17(28)3/h5-8,13,16,19H,9-12,14-15H2,1-4H3,(H2,22,25,26). The zero-order chi connectivity index (χ0) is 20.6. The van der Waals surface area contributed by atoms with Gasteiger partial charge in [0.15, 0.2) is 5.96 Å². The SMILES string of the molecule is CN=C(NCc1ccc(-n2ccnc2C)nc1)NCC(C(C)C)N1CCOCC1. The third-order valence-electron chi connectivity index (χ3n) is 5.33. The van der Waals surface area contributed by atoms with E-state index in [2.05, 4.69) is 50.4 Å². The van der Waals surface area contributed by atoms with Gasteiger partial charge in [0, 0.05) is 57.9 Å². The predicted octanol–water partition coefficient (Wildman–Crippen LogP) is 1.60. The van der Waals surface area contributed by atoms with Crippen molar-refractivity contribution in [2.45, 2.75) is 33.4 Å². The summed E-state index contributed by atoms with van der Waals surface area (Å²) in [5.74, 6) is 3.16. The second-order valence-corrected chi connectivity index (χ2v) is 7.64. The van der Waals surface area contributed by atoms with E-state index in [0.29, 0.717) is 18.5 Å². The van der Waals surface area contributed by atoms with Gasteiger partial charge in [-0.05, 0) is 24.5 Å². The largest absolute Gasteiger partial charge is 0.379 e. The number of hydrogen-bond acceptors (Lipinski definition) is 5. The molecule has 1 unspecified atom stereocenters. The van der Waals surface area contributed by atoms with Crippen LogP contribution in [0, 0.1) is 12.8 Å². The molecule has 2 aromatic rings. The molecule has 0 amide bonds. The Morgan fingerprint density at radius 2 is 2.00 bits per heavy atom. The van der Waals surface area contributed by atoms with Crippen molar-refractivity contribution in [3.8, 4) is 5.82 Å². The zero-order valence-electron chi connectivity index (χ0n) is 17.9. The molecule has 0 aromatic carbocycles. The minimum Gasteiger partial charge on any atom is -0.379 e. The molecular formula is C21H33N7O. The number of guanidine groups is 1. The molecule has 2 N–H and O–H groups in total. The van der Waals surface area contributed by atoms with Crippen LogP contribution in [0.5, 0.6) is 0 Å². The highest BCUT2D eigenvalue weighted by atomic mass is 16.5. The Labute approximate surface area is 173 Å². The molecule has 0 bridgehead atoms. The first kappa shape index (κ1) is 21.3. The quantitative estimate of drug-likeness (QED) is 0.544. The smallest absolute Gasteiger partial charge is 0.191 e. The van der Waals surface area contributed by atoms with Crippen molar-refractivity contribution in [2.75, 3.05) is 39.9 Å². The first-order valence-corrected chi connectivity index (χ1v) is 10.3. The molecule has 0 spiro atoms. The lowest BCUT2D eigenvalue weighted by atomic mass is 10.0.